The highest BCUT2D eigenvalue weighted by atomic mass is 32.1. The van der Waals surface area contributed by atoms with Gasteiger partial charge in [0.15, 0.2) is 11.2 Å². The van der Waals surface area contributed by atoms with E-state index in [1.807, 2.05) is 36.6 Å². The van der Waals surface area contributed by atoms with Crippen molar-refractivity contribution in [3.05, 3.63) is 77.4 Å². The fraction of sp³-hybridized carbons (Fsp3) is 0.130. The minimum Gasteiger partial charge on any atom is -0.449 e. The lowest BCUT2D eigenvalue weighted by atomic mass is 10.1. The van der Waals surface area contributed by atoms with Crippen LogP contribution in [0.3, 0.4) is 0 Å². The summed E-state index contributed by atoms with van der Waals surface area (Å²) in [5, 5.41) is 5.03. The first-order chi connectivity index (χ1) is 15.0. The van der Waals surface area contributed by atoms with Crippen molar-refractivity contribution in [2.24, 2.45) is 0 Å². The number of rotatable bonds is 6. The number of carbonyl (C=O) groups is 2. The van der Waals surface area contributed by atoms with Crippen molar-refractivity contribution >= 4 is 28.3 Å². The second kappa shape index (κ2) is 8.93. The predicted octanol–water partition coefficient (Wildman–Crippen LogP) is 4.69. The second-order valence-corrected chi connectivity index (χ2v) is 7.81. The Bertz CT molecular complexity index is 1180. The summed E-state index contributed by atoms with van der Waals surface area (Å²) in [4.78, 5) is 36.4. The zero-order valence-electron chi connectivity index (χ0n) is 17.0. The monoisotopic (exact) mass is 432 g/mol. The third-order valence-electron chi connectivity index (χ3n) is 4.63. The Morgan fingerprint density at radius 1 is 1.06 bits per heavy atom. The number of esters is 1. The zero-order chi connectivity index (χ0) is 21.8. The van der Waals surface area contributed by atoms with Gasteiger partial charge in [0.25, 0.3) is 5.91 Å². The Kier molecular flexibility index (Phi) is 5.90. The van der Waals surface area contributed by atoms with Gasteiger partial charge in [-0.05, 0) is 26.0 Å². The van der Waals surface area contributed by atoms with E-state index < -0.39 is 18.0 Å². The predicted molar refractivity (Wildman–Crippen MR) is 120 cm³/mol. The van der Waals surface area contributed by atoms with Crippen molar-refractivity contribution < 1.29 is 14.3 Å². The highest BCUT2D eigenvalue weighted by Crippen LogP contribution is 2.25. The molecule has 31 heavy (non-hydrogen) atoms. The molecular formula is C23H20N4O3S. The number of thiazole rings is 1. The SMILES string of the molecule is Cc1ccc(-c2csc(NC(=O)C(C)OC(=O)c3ccc(-c4ncc[nH]4)cc3)n2)cc1. The number of benzene rings is 2. The highest BCUT2D eigenvalue weighted by Gasteiger charge is 2.20. The third kappa shape index (κ3) is 4.87. The van der Waals surface area contributed by atoms with Crippen molar-refractivity contribution in [3.63, 3.8) is 0 Å². The standard InChI is InChI=1S/C23H20N4O3S/c1-14-3-5-16(6-4-14)19-13-31-23(26-19)27-21(28)15(2)30-22(29)18-9-7-17(8-10-18)20-24-11-12-25-20/h3-13,15H,1-2H3,(H,24,25)(H,26,27,28). The minimum atomic E-state index is -0.969. The van der Waals surface area contributed by atoms with E-state index in [1.165, 1.54) is 23.8 Å². The van der Waals surface area contributed by atoms with E-state index >= 15 is 0 Å². The number of imidazole rings is 1. The number of anilines is 1. The largest absolute Gasteiger partial charge is 0.449 e. The van der Waals surface area contributed by atoms with Gasteiger partial charge in [-0.3, -0.25) is 10.1 Å². The van der Waals surface area contributed by atoms with Gasteiger partial charge in [0, 0.05) is 28.9 Å². The molecule has 1 amide bonds. The molecule has 2 N–H and O–H groups in total. The molecule has 0 aliphatic heterocycles. The van der Waals surface area contributed by atoms with Gasteiger partial charge in [-0.1, -0.05) is 42.0 Å². The molecular weight excluding hydrogens is 412 g/mol. The lowest BCUT2D eigenvalue weighted by Crippen LogP contribution is -2.29. The topological polar surface area (TPSA) is 97.0 Å². The van der Waals surface area contributed by atoms with Gasteiger partial charge < -0.3 is 9.72 Å². The van der Waals surface area contributed by atoms with E-state index in [2.05, 4.69) is 20.3 Å². The van der Waals surface area contributed by atoms with Crippen LogP contribution < -0.4 is 5.32 Å². The number of ether oxygens (including phenoxy) is 1. The van der Waals surface area contributed by atoms with Crippen LogP contribution in [0.2, 0.25) is 0 Å². The quantitative estimate of drug-likeness (QED) is 0.431. The third-order valence-corrected chi connectivity index (χ3v) is 5.38. The summed E-state index contributed by atoms with van der Waals surface area (Å²) in [7, 11) is 0. The number of aryl methyl sites for hydroxylation is 1. The Labute approximate surface area is 183 Å². The molecule has 0 aliphatic carbocycles. The van der Waals surface area contributed by atoms with Gasteiger partial charge >= 0.3 is 5.97 Å². The molecule has 2 aromatic heterocycles. The summed E-state index contributed by atoms with van der Waals surface area (Å²) in [5.74, 6) is -0.306. The Balaban J connectivity index is 1.35. The second-order valence-electron chi connectivity index (χ2n) is 6.96. The summed E-state index contributed by atoms with van der Waals surface area (Å²) >= 11 is 1.32. The molecule has 0 bridgehead atoms. The van der Waals surface area contributed by atoms with Crippen molar-refractivity contribution in [1.29, 1.82) is 0 Å². The first kappa shape index (κ1) is 20.5. The Morgan fingerprint density at radius 2 is 1.77 bits per heavy atom. The van der Waals surface area contributed by atoms with Crippen molar-refractivity contribution in [2.75, 3.05) is 5.32 Å². The molecule has 4 rings (SSSR count). The number of H-pyrrole nitrogens is 1. The molecule has 0 radical (unpaired) electrons. The molecule has 7 nitrogen and oxygen atoms in total. The average molecular weight is 433 g/mol. The van der Waals surface area contributed by atoms with Crippen LogP contribution in [0.1, 0.15) is 22.8 Å². The van der Waals surface area contributed by atoms with Gasteiger partial charge in [0.05, 0.1) is 11.3 Å². The van der Waals surface area contributed by atoms with E-state index in [1.54, 1.807) is 36.7 Å². The molecule has 1 atom stereocenters. The zero-order valence-corrected chi connectivity index (χ0v) is 17.8. The summed E-state index contributed by atoms with van der Waals surface area (Å²) in [5.41, 5.74) is 4.12. The van der Waals surface area contributed by atoms with Gasteiger partial charge in [0.1, 0.15) is 5.82 Å². The van der Waals surface area contributed by atoms with Crippen LogP contribution in [0.4, 0.5) is 5.13 Å². The molecule has 0 spiro atoms. The van der Waals surface area contributed by atoms with Crippen molar-refractivity contribution in [3.8, 4) is 22.6 Å². The lowest BCUT2D eigenvalue weighted by Gasteiger charge is -2.12. The molecule has 2 aromatic carbocycles. The summed E-state index contributed by atoms with van der Waals surface area (Å²) in [6.07, 6.45) is 2.41. The molecule has 2 heterocycles. The molecule has 0 saturated heterocycles. The Morgan fingerprint density at radius 3 is 2.45 bits per heavy atom. The number of amides is 1. The number of aromatic nitrogens is 3. The molecule has 0 saturated carbocycles. The minimum absolute atomic E-state index is 0.353. The molecule has 0 aliphatic rings. The first-order valence-corrected chi connectivity index (χ1v) is 10.5. The van der Waals surface area contributed by atoms with Crippen LogP contribution in [0.15, 0.2) is 66.3 Å². The number of carbonyl (C=O) groups excluding carboxylic acids is 2. The molecule has 8 heteroatoms. The van der Waals surface area contributed by atoms with Gasteiger partial charge in [-0.2, -0.15) is 0 Å². The van der Waals surface area contributed by atoms with Gasteiger partial charge in [-0.25, -0.2) is 14.8 Å². The maximum atomic E-state index is 12.4. The normalized spacial score (nSPS) is 11.7. The summed E-state index contributed by atoms with van der Waals surface area (Å²) in [6.45, 7) is 3.55. The molecule has 4 aromatic rings. The van der Waals surface area contributed by atoms with Crippen LogP contribution >= 0.6 is 11.3 Å². The van der Waals surface area contributed by atoms with Crippen LogP contribution in [-0.4, -0.2) is 32.9 Å². The smallest absolute Gasteiger partial charge is 0.338 e. The first-order valence-electron chi connectivity index (χ1n) is 9.64. The number of hydrogen-bond acceptors (Lipinski definition) is 6. The van der Waals surface area contributed by atoms with E-state index in [4.69, 9.17) is 4.74 Å². The van der Waals surface area contributed by atoms with Crippen LogP contribution in [0.25, 0.3) is 22.6 Å². The van der Waals surface area contributed by atoms with Crippen molar-refractivity contribution in [1.82, 2.24) is 15.0 Å². The number of nitrogens with one attached hydrogen (secondary N) is 2. The summed E-state index contributed by atoms with van der Waals surface area (Å²) in [6, 6.07) is 14.8. The van der Waals surface area contributed by atoms with Crippen LogP contribution in [0, 0.1) is 6.92 Å². The van der Waals surface area contributed by atoms with Crippen LogP contribution in [-0.2, 0) is 9.53 Å². The van der Waals surface area contributed by atoms with E-state index in [-0.39, 0.29) is 0 Å². The van der Waals surface area contributed by atoms with E-state index in [0.29, 0.717) is 16.5 Å². The maximum absolute atomic E-state index is 12.4. The highest BCUT2D eigenvalue weighted by molar-refractivity contribution is 7.14. The number of nitrogens with zero attached hydrogens (tertiary/aromatic N) is 2. The Hall–Kier alpha value is -3.78. The maximum Gasteiger partial charge on any atom is 0.338 e. The van der Waals surface area contributed by atoms with E-state index in [9.17, 15) is 9.59 Å². The fourth-order valence-electron chi connectivity index (χ4n) is 2.86. The lowest BCUT2D eigenvalue weighted by molar-refractivity contribution is -0.123. The van der Waals surface area contributed by atoms with Gasteiger partial charge in [0.2, 0.25) is 0 Å². The van der Waals surface area contributed by atoms with Gasteiger partial charge in [-0.15, -0.1) is 11.3 Å². The fourth-order valence-corrected chi connectivity index (χ4v) is 3.59. The number of hydrogen-bond donors (Lipinski definition) is 2. The average Bonchev–Trinajstić information content (AvgIpc) is 3.47. The number of aromatic amines is 1. The van der Waals surface area contributed by atoms with Crippen LogP contribution in [0.5, 0.6) is 0 Å². The molecule has 1 unspecified atom stereocenters. The summed E-state index contributed by atoms with van der Waals surface area (Å²) < 4.78 is 5.31. The van der Waals surface area contributed by atoms with E-state index in [0.717, 1.165) is 16.8 Å². The van der Waals surface area contributed by atoms with Crippen molar-refractivity contribution in [2.45, 2.75) is 20.0 Å². The molecule has 156 valence electrons. The molecule has 0 fully saturated rings.